The third kappa shape index (κ3) is 5.31. The molecule has 0 atom stereocenters. The number of aliphatic hydroxyl groups excluding tert-OH is 1. The number of halogens is 1. The monoisotopic (exact) mass is 425 g/mol. The first-order valence-corrected chi connectivity index (χ1v) is 13.6. The Morgan fingerprint density at radius 2 is 1.79 bits per heavy atom. The summed E-state index contributed by atoms with van der Waals surface area (Å²) < 4.78 is 5.23. The summed E-state index contributed by atoms with van der Waals surface area (Å²) in [6.45, 7) is 12.4. The first kappa shape index (κ1) is 23.2. The van der Waals surface area contributed by atoms with Gasteiger partial charge in [0, 0.05) is 21.4 Å². The molecule has 28 heavy (non-hydrogen) atoms. The molecular weight excluding hydrogens is 390 g/mol. The molecule has 1 aromatic carbocycles. The summed E-state index contributed by atoms with van der Waals surface area (Å²) >= 11 is 6.26. The summed E-state index contributed by atoms with van der Waals surface area (Å²) in [5.74, 6) is 0.840. The van der Waals surface area contributed by atoms with E-state index in [0.717, 1.165) is 24.9 Å². The number of ether oxygens (including phenoxy) is 1. The molecule has 1 aliphatic heterocycles. The molecule has 158 valence electrons. The van der Waals surface area contributed by atoms with Gasteiger partial charge in [0.25, 0.3) is 0 Å². The molecule has 2 fully saturated rings. The Bertz CT molecular complexity index is 679. The predicted octanol–water partition coefficient (Wildman–Crippen LogP) is 5.28. The summed E-state index contributed by atoms with van der Waals surface area (Å²) in [4.78, 5) is 14.7. The van der Waals surface area contributed by atoms with Crippen LogP contribution in [0.3, 0.4) is 0 Å². The number of anilines is 1. The lowest BCUT2D eigenvalue weighted by Gasteiger charge is -2.34. The second kappa shape index (κ2) is 9.18. The standard InChI is InChI=1S/C16H20ClNO3.C6H16Si/c1-21-12-2-3-13(17)14(10-12)18-9-8-16(15(18)20)6-4-11(19)5-7-16;1-6(2,3)7(4)5/h2-3,10-11,19H,4-9H2,1H3;7H,1-5H3. The molecule has 0 aromatic heterocycles. The zero-order valence-corrected chi connectivity index (χ0v) is 20.1. The maximum absolute atomic E-state index is 12.9. The van der Waals surface area contributed by atoms with Gasteiger partial charge in [-0.2, -0.15) is 0 Å². The highest BCUT2D eigenvalue weighted by Crippen LogP contribution is 2.47. The van der Waals surface area contributed by atoms with E-state index in [0.29, 0.717) is 35.2 Å². The number of methoxy groups -OCH3 is 1. The lowest BCUT2D eigenvalue weighted by Crippen LogP contribution is -2.38. The molecule has 1 spiro atoms. The van der Waals surface area contributed by atoms with Crippen LogP contribution in [-0.4, -0.2) is 39.6 Å². The van der Waals surface area contributed by atoms with E-state index in [2.05, 4.69) is 33.9 Å². The minimum absolute atomic E-state index is 0.143. The van der Waals surface area contributed by atoms with E-state index >= 15 is 0 Å². The first-order chi connectivity index (χ1) is 13.0. The van der Waals surface area contributed by atoms with Crippen molar-refractivity contribution in [3.05, 3.63) is 23.2 Å². The summed E-state index contributed by atoms with van der Waals surface area (Å²) in [6.07, 6.45) is 3.55. The maximum Gasteiger partial charge on any atom is 0.233 e. The fourth-order valence-corrected chi connectivity index (χ4v) is 3.72. The Morgan fingerprint density at radius 1 is 1.21 bits per heavy atom. The van der Waals surface area contributed by atoms with Gasteiger partial charge >= 0.3 is 0 Å². The SMILES string of the molecule is COc1ccc(Cl)c(N2CCC3(CCC(O)CC3)C2=O)c1.C[SiH](C)C(C)(C)C. The van der Waals surface area contributed by atoms with E-state index in [1.54, 1.807) is 24.1 Å². The zero-order valence-electron chi connectivity index (χ0n) is 18.2. The fourth-order valence-electron chi connectivity index (χ4n) is 3.50. The molecule has 2 aliphatic rings. The second-order valence-corrected chi connectivity index (χ2v) is 14.0. The van der Waals surface area contributed by atoms with Crippen LogP contribution in [-0.2, 0) is 4.79 Å². The van der Waals surface area contributed by atoms with E-state index in [1.807, 2.05) is 6.07 Å². The highest BCUT2D eigenvalue weighted by atomic mass is 35.5. The number of carbonyl (C=O) groups is 1. The fraction of sp³-hybridized carbons (Fsp3) is 0.682. The predicted molar refractivity (Wildman–Crippen MR) is 120 cm³/mol. The van der Waals surface area contributed by atoms with Crippen molar-refractivity contribution in [2.45, 2.75) is 77.1 Å². The number of amides is 1. The van der Waals surface area contributed by atoms with Crippen LogP contribution in [0.4, 0.5) is 5.69 Å². The van der Waals surface area contributed by atoms with E-state index in [4.69, 9.17) is 16.3 Å². The van der Waals surface area contributed by atoms with Crippen LogP contribution in [0.5, 0.6) is 5.75 Å². The molecule has 1 heterocycles. The minimum atomic E-state index is -0.359. The number of benzene rings is 1. The van der Waals surface area contributed by atoms with Crippen molar-refractivity contribution in [3.8, 4) is 5.75 Å². The molecule has 0 radical (unpaired) electrons. The van der Waals surface area contributed by atoms with Gasteiger partial charge in [-0.15, -0.1) is 0 Å². The van der Waals surface area contributed by atoms with Gasteiger partial charge in [0.1, 0.15) is 5.75 Å². The average molecular weight is 426 g/mol. The number of hydrogen-bond donors (Lipinski definition) is 1. The summed E-state index contributed by atoms with van der Waals surface area (Å²) in [5.41, 5.74) is 0.426. The highest BCUT2D eigenvalue weighted by Gasteiger charge is 2.48. The third-order valence-corrected chi connectivity index (χ3v) is 10.4. The number of hydrogen-bond acceptors (Lipinski definition) is 3. The highest BCUT2D eigenvalue weighted by molar-refractivity contribution is 6.59. The van der Waals surface area contributed by atoms with Gasteiger partial charge in [-0.3, -0.25) is 4.79 Å². The number of aliphatic hydroxyl groups is 1. The second-order valence-electron chi connectivity index (χ2n) is 9.56. The van der Waals surface area contributed by atoms with Gasteiger partial charge in [0.05, 0.1) is 29.3 Å². The zero-order chi connectivity index (χ0) is 21.1. The molecule has 3 rings (SSSR count). The van der Waals surface area contributed by atoms with Gasteiger partial charge in [-0.1, -0.05) is 45.5 Å². The Morgan fingerprint density at radius 3 is 2.29 bits per heavy atom. The van der Waals surface area contributed by atoms with Crippen molar-refractivity contribution < 1.29 is 14.6 Å². The minimum Gasteiger partial charge on any atom is -0.497 e. The summed E-state index contributed by atoms with van der Waals surface area (Å²) in [6, 6.07) is 5.37. The van der Waals surface area contributed by atoms with Crippen LogP contribution in [0.1, 0.15) is 52.9 Å². The van der Waals surface area contributed by atoms with E-state index in [1.165, 1.54) is 0 Å². The van der Waals surface area contributed by atoms with Crippen LogP contribution in [0, 0.1) is 5.41 Å². The Balaban J connectivity index is 0.000000345. The van der Waals surface area contributed by atoms with E-state index in [9.17, 15) is 9.90 Å². The van der Waals surface area contributed by atoms with Gasteiger partial charge in [0.2, 0.25) is 5.91 Å². The van der Waals surface area contributed by atoms with Crippen molar-refractivity contribution in [1.82, 2.24) is 0 Å². The maximum atomic E-state index is 12.9. The van der Waals surface area contributed by atoms with E-state index < -0.39 is 0 Å². The van der Waals surface area contributed by atoms with Crippen molar-refractivity contribution >= 4 is 32.0 Å². The van der Waals surface area contributed by atoms with Gasteiger partial charge < -0.3 is 14.7 Å². The summed E-state index contributed by atoms with van der Waals surface area (Å²) in [5, 5.41) is 10.9. The Labute approximate surface area is 176 Å². The normalized spacial score (nSPS) is 25.1. The molecular formula is C22H36ClNO3Si. The summed E-state index contributed by atoms with van der Waals surface area (Å²) in [7, 11) is 1.24. The first-order valence-electron chi connectivity index (χ1n) is 10.3. The molecule has 1 N–H and O–H groups in total. The van der Waals surface area contributed by atoms with Crippen molar-refractivity contribution in [3.63, 3.8) is 0 Å². The van der Waals surface area contributed by atoms with Crippen LogP contribution < -0.4 is 9.64 Å². The number of nitrogens with zero attached hydrogens (tertiary/aromatic N) is 1. The molecule has 4 nitrogen and oxygen atoms in total. The Kier molecular flexibility index (Phi) is 7.62. The Hall–Kier alpha value is -1.04. The molecule has 1 aromatic rings. The molecule has 1 aliphatic carbocycles. The van der Waals surface area contributed by atoms with Crippen molar-refractivity contribution in [2.24, 2.45) is 5.41 Å². The van der Waals surface area contributed by atoms with E-state index in [-0.39, 0.29) is 26.2 Å². The van der Waals surface area contributed by atoms with Crippen molar-refractivity contribution in [1.29, 1.82) is 0 Å². The molecule has 1 saturated carbocycles. The van der Waals surface area contributed by atoms with Crippen molar-refractivity contribution in [2.75, 3.05) is 18.6 Å². The van der Waals surface area contributed by atoms with Gasteiger partial charge in [-0.05, 0) is 49.3 Å². The smallest absolute Gasteiger partial charge is 0.233 e. The largest absolute Gasteiger partial charge is 0.497 e. The van der Waals surface area contributed by atoms with Crippen LogP contribution in [0.25, 0.3) is 0 Å². The van der Waals surface area contributed by atoms with Gasteiger partial charge in [0.15, 0.2) is 0 Å². The van der Waals surface area contributed by atoms with Crippen LogP contribution in [0.2, 0.25) is 23.2 Å². The lowest BCUT2D eigenvalue weighted by atomic mass is 9.72. The van der Waals surface area contributed by atoms with Crippen LogP contribution >= 0.6 is 11.6 Å². The third-order valence-electron chi connectivity index (χ3n) is 6.60. The number of carbonyl (C=O) groups excluding carboxylic acids is 1. The topological polar surface area (TPSA) is 49.8 Å². The molecule has 0 unspecified atom stereocenters. The van der Waals surface area contributed by atoms with Crippen LogP contribution in [0.15, 0.2) is 18.2 Å². The molecule has 6 heteroatoms. The lowest BCUT2D eigenvalue weighted by molar-refractivity contribution is -0.128. The average Bonchev–Trinajstić information content (AvgIpc) is 2.94. The molecule has 1 amide bonds. The number of rotatable bonds is 2. The van der Waals surface area contributed by atoms with Gasteiger partial charge in [-0.25, -0.2) is 0 Å². The molecule has 0 bridgehead atoms. The quantitative estimate of drug-likeness (QED) is 0.655. The molecule has 1 saturated heterocycles.